The van der Waals surface area contributed by atoms with Crippen LogP contribution >= 0.6 is 11.6 Å². The first kappa shape index (κ1) is 26.8. The molecule has 0 aliphatic carbocycles. The summed E-state index contributed by atoms with van der Waals surface area (Å²) in [6.45, 7) is 7.09. The number of rotatable bonds is 10. The number of amides is 2. The first-order valence-electron chi connectivity index (χ1n) is 10.8. The van der Waals surface area contributed by atoms with E-state index in [1.807, 2.05) is 20.8 Å². The summed E-state index contributed by atoms with van der Waals surface area (Å²) < 4.78 is 26.9. The first-order chi connectivity index (χ1) is 15.4. The third-order valence-electron chi connectivity index (χ3n) is 5.52. The fourth-order valence-electron chi connectivity index (χ4n) is 3.09. The Morgan fingerprint density at radius 3 is 2.15 bits per heavy atom. The zero-order chi connectivity index (χ0) is 24.8. The van der Waals surface area contributed by atoms with Crippen molar-refractivity contribution in [2.75, 3.05) is 13.6 Å². The molecule has 0 saturated heterocycles. The van der Waals surface area contributed by atoms with Gasteiger partial charge in [0.1, 0.15) is 6.04 Å². The Kier molecular flexibility index (Phi) is 9.46. The number of likely N-dealkylation sites (N-methyl/N-ethyl adjacent to an activating group) is 1. The molecule has 9 heteroatoms. The van der Waals surface area contributed by atoms with Gasteiger partial charge in [0, 0.05) is 24.7 Å². The fraction of sp³-hybridized carbons (Fsp3) is 0.417. The Labute approximate surface area is 201 Å². The molecular formula is C24H32ClN3O4S. The van der Waals surface area contributed by atoms with Crippen molar-refractivity contribution in [2.24, 2.45) is 0 Å². The highest BCUT2D eigenvalue weighted by molar-refractivity contribution is 7.89. The van der Waals surface area contributed by atoms with Crippen LogP contribution in [0.4, 0.5) is 0 Å². The summed E-state index contributed by atoms with van der Waals surface area (Å²) >= 11 is 5.97. The van der Waals surface area contributed by atoms with Crippen LogP contribution in [0.1, 0.15) is 38.3 Å². The van der Waals surface area contributed by atoms with Crippen LogP contribution in [0.2, 0.25) is 5.02 Å². The van der Waals surface area contributed by atoms with E-state index >= 15 is 0 Å². The molecule has 33 heavy (non-hydrogen) atoms. The lowest BCUT2D eigenvalue weighted by atomic mass is 10.1. The molecular weight excluding hydrogens is 462 g/mol. The molecule has 1 N–H and O–H groups in total. The van der Waals surface area contributed by atoms with Gasteiger partial charge in [-0.1, -0.05) is 48.4 Å². The second-order valence-corrected chi connectivity index (χ2v) is 10.7. The number of benzene rings is 2. The second kappa shape index (κ2) is 11.6. The van der Waals surface area contributed by atoms with Crippen LogP contribution in [0.25, 0.3) is 0 Å². The minimum atomic E-state index is -3.86. The Hall–Kier alpha value is -2.42. The number of carbonyl (C=O) groups is 2. The number of halogens is 1. The van der Waals surface area contributed by atoms with E-state index in [2.05, 4.69) is 5.32 Å². The van der Waals surface area contributed by atoms with E-state index in [0.29, 0.717) is 5.02 Å². The molecule has 0 aliphatic heterocycles. The molecule has 2 aromatic carbocycles. The smallest absolute Gasteiger partial charge is 0.243 e. The van der Waals surface area contributed by atoms with Gasteiger partial charge in [0.2, 0.25) is 21.8 Å². The number of hydrogen-bond donors (Lipinski definition) is 1. The van der Waals surface area contributed by atoms with E-state index in [1.165, 1.54) is 24.1 Å². The molecule has 0 bridgehead atoms. The summed E-state index contributed by atoms with van der Waals surface area (Å²) in [5.41, 5.74) is 1.71. The van der Waals surface area contributed by atoms with Crippen molar-refractivity contribution < 1.29 is 18.0 Å². The van der Waals surface area contributed by atoms with Crippen molar-refractivity contribution in [3.63, 3.8) is 0 Å². The van der Waals surface area contributed by atoms with Crippen molar-refractivity contribution in [3.05, 3.63) is 64.7 Å². The molecule has 0 aromatic heterocycles. The van der Waals surface area contributed by atoms with E-state index in [4.69, 9.17) is 11.6 Å². The molecule has 0 fully saturated rings. The van der Waals surface area contributed by atoms with Crippen LogP contribution in [0.5, 0.6) is 0 Å². The maximum absolute atomic E-state index is 13.3. The Bertz CT molecular complexity index is 1060. The SMILES string of the molecule is CC[C@H](C)NC(=O)[C@@H](C)N(Cc1ccc(Cl)cc1)C(=O)CN(C)S(=O)(=O)c1ccc(C)cc1. The minimum Gasteiger partial charge on any atom is -0.352 e. The molecule has 7 nitrogen and oxygen atoms in total. The quantitative estimate of drug-likeness (QED) is 0.547. The van der Waals surface area contributed by atoms with Gasteiger partial charge in [-0.15, -0.1) is 0 Å². The van der Waals surface area contributed by atoms with Gasteiger partial charge in [-0.3, -0.25) is 9.59 Å². The van der Waals surface area contributed by atoms with Gasteiger partial charge in [0.25, 0.3) is 0 Å². The molecule has 180 valence electrons. The zero-order valence-electron chi connectivity index (χ0n) is 19.7. The predicted octanol–water partition coefficient (Wildman–Crippen LogP) is 3.60. The van der Waals surface area contributed by atoms with Gasteiger partial charge < -0.3 is 10.2 Å². The van der Waals surface area contributed by atoms with Crippen molar-refractivity contribution >= 4 is 33.4 Å². The number of hydrogen-bond acceptors (Lipinski definition) is 4. The predicted molar refractivity (Wildman–Crippen MR) is 130 cm³/mol. The summed E-state index contributed by atoms with van der Waals surface area (Å²) in [6.07, 6.45) is 0.751. The molecule has 2 amide bonds. The van der Waals surface area contributed by atoms with Crippen molar-refractivity contribution in [1.82, 2.24) is 14.5 Å². The fourth-order valence-corrected chi connectivity index (χ4v) is 4.34. The van der Waals surface area contributed by atoms with E-state index in [9.17, 15) is 18.0 Å². The average molecular weight is 494 g/mol. The molecule has 0 radical (unpaired) electrons. The van der Waals surface area contributed by atoms with E-state index in [-0.39, 0.29) is 23.4 Å². The molecule has 2 aromatic rings. The largest absolute Gasteiger partial charge is 0.352 e. The van der Waals surface area contributed by atoms with Gasteiger partial charge in [-0.2, -0.15) is 4.31 Å². The molecule has 0 unspecified atom stereocenters. The standard InChI is InChI=1S/C24H32ClN3O4S/c1-6-18(3)26-24(30)19(4)28(15-20-9-11-21(25)12-10-20)23(29)16-27(5)33(31,32)22-13-7-17(2)8-14-22/h7-14,18-19H,6,15-16H2,1-5H3,(H,26,30)/t18-,19+/m0/s1. The van der Waals surface area contributed by atoms with Gasteiger partial charge in [0.15, 0.2) is 0 Å². The summed E-state index contributed by atoms with van der Waals surface area (Å²) in [6, 6.07) is 12.6. The topological polar surface area (TPSA) is 86.8 Å². The van der Waals surface area contributed by atoms with Gasteiger partial charge in [-0.25, -0.2) is 8.42 Å². The van der Waals surface area contributed by atoms with Crippen LogP contribution < -0.4 is 5.32 Å². The summed E-state index contributed by atoms with van der Waals surface area (Å²) in [5, 5.41) is 3.45. The highest BCUT2D eigenvalue weighted by Crippen LogP contribution is 2.17. The Morgan fingerprint density at radius 1 is 1.03 bits per heavy atom. The molecule has 0 heterocycles. The number of aryl methyl sites for hydroxylation is 1. The van der Waals surface area contributed by atoms with Crippen molar-refractivity contribution in [1.29, 1.82) is 0 Å². The lowest BCUT2D eigenvalue weighted by Gasteiger charge is -2.31. The van der Waals surface area contributed by atoms with Crippen molar-refractivity contribution in [2.45, 2.75) is 57.6 Å². The summed E-state index contributed by atoms with van der Waals surface area (Å²) in [4.78, 5) is 27.6. The van der Waals surface area contributed by atoms with Crippen LogP contribution in [-0.2, 0) is 26.2 Å². The van der Waals surface area contributed by atoms with E-state index < -0.39 is 28.5 Å². The molecule has 0 spiro atoms. The van der Waals surface area contributed by atoms with Gasteiger partial charge in [0.05, 0.1) is 11.4 Å². The van der Waals surface area contributed by atoms with Gasteiger partial charge in [-0.05, 0) is 57.0 Å². The summed E-state index contributed by atoms with van der Waals surface area (Å²) in [5.74, 6) is -0.773. The van der Waals surface area contributed by atoms with Gasteiger partial charge >= 0.3 is 0 Å². The molecule has 2 atom stereocenters. The summed E-state index contributed by atoms with van der Waals surface area (Å²) in [7, 11) is -2.51. The lowest BCUT2D eigenvalue weighted by Crippen LogP contribution is -2.51. The normalized spacial score (nSPS) is 13.4. The number of sulfonamides is 1. The lowest BCUT2D eigenvalue weighted by molar-refractivity contribution is -0.140. The van der Waals surface area contributed by atoms with E-state index in [1.54, 1.807) is 43.3 Å². The van der Waals surface area contributed by atoms with Crippen molar-refractivity contribution in [3.8, 4) is 0 Å². The van der Waals surface area contributed by atoms with Crippen LogP contribution in [0.15, 0.2) is 53.4 Å². The second-order valence-electron chi connectivity index (χ2n) is 8.22. The first-order valence-corrected chi connectivity index (χ1v) is 12.6. The number of nitrogens with zero attached hydrogens (tertiary/aromatic N) is 2. The minimum absolute atomic E-state index is 0.0444. The maximum Gasteiger partial charge on any atom is 0.243 e. The molecule has 2 rings (SSSR count). The molecule has 0 aliphatic rings. The number of carbonyl (C=O) groups excluding carboxylic acids is 2. The number of nitrogens with one attached hydrogen (secondary N) is 1. The Morgan fingerprint density at radius 2 is 1.61 bits per heavy atom. The highest BCUT2D eigenvalue weighted by atomic mass is 35.5. The highest BCUT2D eigenvalue weighted by Gasteiger charge is 2.30. The van der Waals surface area contributed by atoms with E-state index in [0.717, 1.165) is 21.9 Å². The Balaban J connectivity index is 2.26. The molecule has 0 saturated carbocycles. The zero-order valence-corrected chi connectivity index (χ0v) is 21.3. The maximum atomic E-state index is 13.3. The van der Waals surface area contributed by atoms with Crippen LogP contribution in [0.3, 0.4) is 0 Å². The average Bonchev–Trinajstić information content (AvgIpc) is 2.78. The van der Waals surface area contributed by atoms with Crippen LogP contribution in [-0.4, -0.2) is 55.1 Å². The monoisotopic (exact) mass is 493 g/mol. The third kappa shape index (κ3) is 7.28. The third-order valence-corrected chi connectivity index (χ3v) is 7.59. The van der Waals surface area contributed by atoms with Crippen LogP contribution in [0, 0.1) is 6.92 Å².